The van der Waals surface area contributed by atoms with Gasteiger partial charge in [-0.05, 0) is 18.6 Å². The number of rotatable bonds is 6. The molecule has 1 aromatic rings. The number of nitrogens with zero attached hydrogens (tertiary/aromatic N) is 1. The summed E-state index contributed by atoms with van der Waals surface area (Å²) in [6, 6.07) is 4.91. The molecule has 0 amide bonds. The van der Waals surface area contributed by atoms with Crippen LogP contribution >= 0.6 is 0 Å². The minimum absolute atomic E-state index is 0.0107. The highest BCUT2D eigenvalue weighted by molar-refractivity contribution is 5.97. The van der Waals surface area contributed by atoms with Crippen LogP contribution in [0.25, 0.3) is 0 Å². The van der Waals surface area contributed by atoms with Crippen molar-refractivity contribution in [2.75, 3.05) is 30.3 Å². The molecule has 1 rings (SSSR count). The van der Waals surface area contributed by atoms with Crippen LogP contribution in [0, 0.1) is 0 Å². The van der Waals surface area contributed by atoms with Crippen LogP contribution in [0.2, 0.25) is 0 Å². The van der Waals surface area contributed by atoms with E-state index in [1.54, 1.807) is 12.1 Å². The number of hydrogen-bond donors (Lipinski definition) is 3. The topological polar surface area (TPSA) is 86.8 Å². The lowest BCUT2D eigenvalue weighted by atomic mass is 10.1. The van der Waals surface area contributed by atoms with Crippen LogP contribution in [0.1, 0.15) is 23.7 Å². The Kier molecular flexibility index (Phi) is 4.78. The molecule has 0 saturated carbocycles. The minimum Gasteiger partial charge on any atom is -0.478 e. The number of para-hydroxylation sites is 1. The summed E-state index contributed by atoms with van der Waals surface area (Å²) < 4.78 is 0. The van der Waals surface area contributed by atoms with Crippen LogP contribution in [0.15, 0.2) is 18.2 Å². The summed E-state index contributed by atoms with van der Waals surface area (Å²) in [5.74, 6) is -1.04. The van der Waals surface area contributed by atoms with E-state index in [1.165, 1.54) is 6.07 Å². The van der Waals surface area contributed by atoms with E-state index in [2.05, 4.69) is 0 Å². The molecule has 0 saturated heterocycles. The van der Waals surface area contributed by atoms with Gasteiger partial charge < -0.3 is 20.8 Å². The normalized spacial score (nSPS) is 10.2. The van der Waals surface area contributed by atoms with Gasteiger partial charge in [0.15, 0.2) is 0 Å². The van der Waals surface area contributed by atoms with Crippen LogP contribution in [0.3, 0.4) is 0 Å². The molecule has 0 heterocycles. The Morgan fingerprint density at radius 2 is 2.12 bits per heavy atom. The average Bonchev–Trinajstić information content (AvgIpc) is 2.29. The molecule has 0 aliphatic carbocycles. The highest BCUT2D eigenvalue weighted by atomic mass is 16.4. The molecule has 0 aliphatic heterocycles. The van der Waals surface area contributed by atoms with Crippen LogP contribution in [-0.2, 0) is 0 Å². The van der Waals surface area contributed by atoms with Crippen molar-refractivity contribution < 1.29 is 15.0 Å². The molecular weight excluding hydrogens is 220 g/mol. The Bertz CT molecular complexity index is 387. The molecule has 5 nitrogen and oxygen atoms in total. The Morgan fingerprint density at radius 1 is 1.41 bits per heavy atom. The second-order valence-corrected chi connectivity index (χ2v) is 3.75. The second kappa shape index (κ2) is 6.10. The molecule has 0 unspecified atom stereocenters. The molecule has 5 heteroatoms. The van der Waals surface area contributed by atoms with Gasteiger partial charge in [0.1, 0.15) is 0 Å². The fraction of sp³-hybridized carbons (Fsp3) is 0.417. The van der Waals surface area contributed by atoms with Gasteiger partial charge in [-0.15, -0.1) is 0 Å². The van der Waals surface area contributed by atoms with Crippen molar-refractivity contribution in [3.63, 3.8) is 0 Å². The zero-order chi connectivity index (χ0) is 12.8. The van der Waals surface area contributed by atoms with Gasteiger partial charge in [-0.25, -0.2) is 4.79 Å². The predicted molar refractivity (Wildman–Crippen MR) is 67.4 cm³/mol. The highest BCUT2D eigenvalue weighted by Gasteiger charge is 2.14. The number of carboxylic acid groups (broad SMARTS) is 1. The molecule has 0 spiro atoms. The Balaban J connectivity index is 3.10. The van der Waals surface area contributed by atoms with Gasteiger partial charge in [0, 0.05) is 13.1 Å². The molecular formula is C12H18N2O3. The monoisotopic (exact) mass is 238 g/mol. The van der Waals surface area contributed by atoms with Gasteiger partial charge in [0.25, 0.3) is 0 Å². The zero-order valence-corrected chi connectivity index (χ0v) is 9.89. The number of anilines is 2. The van der Waals surface area contributed by atoms with E-state index in [0.29, 0.717) is 12.2 Å². The van der Waals surface area contributed by atoms with Crippen molar-refractivity contribution in [1.29, 1.82) is 0 Å². The largest absolute Gasteiger partial charge is 0.478 e. The van der Waals surface area contributed by atoms with Crippen molar-refractivity contribution in [3.8, 4) is 0 Å². The van der Waals surface area contributed by atoms with E-state index in [4.69, 9.17) is 15.9 Å². The van der Waals surface area contributed by atoms with E-state index < -0.39 is 5.97 Å². The van der Waals surface area contributed by atoms with Crippen molar-refractivity contribution in [2.24, 2.45) is 0 Å². The summed E-state index contributed by atoms with van der Waals surface area (Å²) in [4.78, 5) is 12.9. The van der Waals surface area contributed by atoms with Crippen LogP contribution < -0.4 is 10.6 Å². The van der Waals surface area contributed by atoms with Crippen LogP contribution in [0.5, 0.6) is 0 Å². The number of carboxylic acids is 1. The summed E-state index contributed by atoms with van der Waals surface area (Å²) in [7, 11) is 0. The van der Waals surface area contributed by atoms with Gasteiger partial charge in [-0.3, -0.25) is 0 Å². The van der Waals surface area contributed by atoms with E-state index in [-0.39, 0.29) is 17.9 Å². The fourth-order valence-corrected chi connectivity index (χ4v) is 1.76. The third-order valence-electron chi connectivity index (χ3n) is 2.52. The molecule has 0 radical (unpaired) electrons. The first-order chi connectivity index (χ1) is 8.11. The summed E-state index contributed by atoms with van der Waals surface area (Å²) in [6.45, 7) is 3.20. The molecule has 94 valence electrons. The maximum absolute atomic E-state index is 11.0. The lowest BCUT2D eigenvalue weighted by molar-refractivity contribution is 0.0698. The molecule has 0 aliphatic rings. The van der Waals surface area contributed by atoms with Crippen LogP contribution in [0.4, 0.5) is 11.4 Å². The van der Waals surface area contributed by atoms with Crippen molar-refractivity contribution in [2.45, 2.75) is 13.3 Å². The van der Waals surface area contributed by atoms with E-state index in [0.717, 1.165) is 13.0 Å². The van der Waals surface area contributed by atoms with E-state index in [1.807, 2.05) is 11.8 Å². The number of hydrogen-bond acceptors (Lipinski definition) is 4. The summed E-state index contributed by atoms with van der Waals surface area (Å²) >= 11 is 0. The summed E-state index contributed by atoms with van der Waals surface area (Å²) in [5.41, 5.74) is 6.86. The van der Waals surface area contributed by atoms with Gasteiger partial charge in [0.05, 0.1) is 23.5 Å². The van der Waals surface area contributed by atoms with Crippen molar-refractivity contribution in [1.82, 2.24) is 0 Å². The van der Waals surface area contributed by atoms with Crippen molar-refractivity contribution >= 4 is 17.3 Å². The van der Waals surface area contributed by atoms with E-state index in [9.17, 15) is 4.79 Å². The first-order valence-electron chi connectivity index (χ1n) is 5.59. The van der Waals surface area contributed by atoms with Crippen molar-refractivity contribution in [3.05, 3.63) is 23.8 Å². The number of nitrogen functional groups attached to an aromatic ring is 1. The third kappa shape index (κ3) is 3.10. The van der Waals surface area contributed by atoms with E-state index >= 15 is 0 Å². The predicted octanol–water partition coefficient (Wildman–Crippen LogP) is 1.18. The Labute approximate surface area is 100 Å². The Morgan fingerprint density at radius 3 is 2.65 bits per heavy atom. The SMILES string of the molecule is CCCN(CCO)c1cccc(C(=O)O)c1N. The third-order valence-corrected chi connectivity index (χ3v) is 2.52. The molecule has 0 fully saturated rings. The number of aromatic carboxylic acids is 1. The van der Waals surface area contributed by atoms with Gasteiger partial charge in [-0.2, -0.15) is 0 Å². The molecule has 4 N–H and O–H groups in total. The number of aliphatic hydroxyl groups excluding tert-OH is 1. The number of nitrogens with two attached hydrogens (primary N) is 1. The van der Waals surface area contributed by atoms with Gasteiger partial charge in [0.2, 0.25) is 0 Å². The molecule has 17 heavy (non-hydrogen) atoms. The Hall–Kier alpha value is -1.75. The zero-order valence-electron chi connectivity index (χ0n) is 9.89. The number of aliphatic hydroxyl groups is 1. The molecule has 0 bridgehead atoms. The number of carbonyl (C=O) groups is 1. The quantitative estimate of drug-likeness (QED) is 0.648. The average molecular weight is 238 g/mol. The minimum atomic E-state index is -1.04. The smallest absolute Gasteiger partial charge is 0.337 e. The lowest BCUT2D eigenvalue weighted by Crippen LogP contribution is -2.28. The standard InChI is InChI=1S/C12H18N2O3/c1-2-6-14(7-8-15)10-5-3-4-9(11(10)13)12(16)17/h3-5,15H,2,6-8,13H2,1H3,(H,16,17). The van der Waals surface area contributed by atoms with Gasteiger partial charge >= 0.3 is 5.97 Å². The first kappa shape index (κ1) is 13.3. The fourth-order valence-electron chi connectivity index (χ4n) is 1.76. The highest BCUT2D eigenvalue weighted by Crippen LogP contribution is 2.26. The van der Waals surface area contributed by atoms with Gasteiger partial charge in [-0.1, -0.05) is 13.0 Å². The maximum atomic E-state index is 11.0. The maximum Gasteiger partial charge on any atom is 0.337 e. The molecule has 0 aromatic heterocycles. The summed E-state index contributed by atoms with van der Waals surface area (Å²) in [5, 5.41) is 18.0. The first-order valence-corrected chi connectivity index (χ1v) is 5.59. The second-order valence-electron chi connectivity index (χ2n) is 3.75. The molecule has 0 atom stereocenters. The molecule has 1 aromatic carbocycles. The van der Waals surface area contributed by atoms with Crippen LogP contribution in [-0.4, -0.2) is 35.9 Å². The number of benzene rings is 1. The lowest BCUT2D eigenvalue weighted by Gasteiger charge is -2.25. The summed E-state index contributed by atoms with van der Waals surface area (Å²) in [6.07, 6.45) is 0.900.